The molecule has 22 heavy (non-hydrogen) atoms. The van der Waals surface area contributed by atoms with Crippen LogP contribution in [0.3, 0.4) is 0 Å². The van der Waals surface area contributed by atoms with E-state index in [1.165, 1.54) is 12.8 Å². The molecule has 0 amide bonds. The quantitative estimate of drug-likeness (QED) is 0.681. The van der Waals surface area contributed by atoms with E-state index in [0.717, 1.165) is 38.3 Å². The van der Waals surface area contributed by atoms with Gasteiger partial charge in [-0.1, -0.05) is 0 Å². The minimum atomic E-state index is -0.348. The molecule has 7 nitrogen and oxygen atoms in total. The van der Waals surface area contributed by atoms with Crippen LogP contribution in [0, 0.1) is 23.0 Å². The van der Waals surface area contributed by atoms with E-state index in [-0.39, 0.29) is 10.7 Å². The van der Waals surface area contributed by atoms with Crippen LogP contribution in [0.2, 0.25) is 0 Å². The van der Waals surface area contributed by atoms with Gasteiger partial charge in [-0.2, -0.15) is 0 Å². The molecule has 1 atom stereocenters. The molecule has 2 aliphatic heterocycles. The minimum Gasteiger partial charge on any atom is -0.358 e. The van der Waals surface area contributed by atoms with E-state index in [2.05, 4.69) is 15.2 Å². The SMILES string of the molecule is CCn1c(C)nc([N+](=O)[O-])c1N1CCC(C2CCCN2)CC1. The Labute approximate surface area is 130 Å². The summed E-state index contributed by atoms with van der Waals surface area (Å²) in [5, 5.41) is 14.9. The van der Waals surface area contributed by atoms with Crippen molar-refractivity contribution in [1.82, 2.24) is 14.9 Å². The third-order valence-corrected chi connectivity index (χ3v) is 5.11. The van der Waals surface area contributed by atoms with Crippen molar-refractivity contribution in [3.05, 3.63) is 15.9 Å². The maximum atomic E-state index is 11.3. The average molecular weight is 307 g/mol. The molecule has 0 saturated carbocycles. The lowest BCUT2D eigenvalue weighted by Crippen LogP contribution is -2.41. The number of nitro groups is 1. The van der Waals surface area contributed by atoms with E-state index in [9.17, 15) is 10.1 Å². The van der Waals surface area contributed by atoms with Crippen molar-refractivity contribution in [1.29, 1.82) is 0 Å². The van der Waals surface area contributed by atoms with E-state index in [4.69, 9.17) is 0 Å². The van der Waals surface area contributed by atoms with Crippen molar-refractivity contribution < 1.29 is 4.92 Å². The number of imidazole rings is 1. The number of nitrogens with zero attached hydrogens (tertiary/aromatic N) is 4. The van der Waals surface area contributed by atoms with E-state index in [1.54, 1.807) is 0 Å². The Morgan fingerprint density at radius 2 is 2.09 bits per heavy atom. The Morgan fingerprint density at radius 1 is 1.36 bits per heavy atom. The number of piperidine rings is 1. The molecule has 3 rings (SSSR count). The van der Waals surface area contributed by atoms with Gasteiger partial charge < -0.3 is 20.3 Å². The number of nitrogens with one attached hydrogen (secondary N) is 1. The van der Waals surface area contributed by atoms with Gasteiger partial charge in [-0.25, -0.2) is 0 Å². The minimum absolute atomic E-state index is 0.0109. The molecule has 3 heterocycles. The number of rotatable bonds is 4. The van der Waals surface area contributed by atoms with Crippen LogP contribution in [0.4, 0.5) is 11.6 Å². The van der Waals surface area contributed by atoms with Crippen molar-refractivity contribution in [2.45, 2.75) is 52.1 Å². The molecule has 1 aromatic heterocycles. The van der Waals surface area contributed by atoms with Gasteiger partial charge in [-0.05, 0) is 55.0 Å². The van der Waals surface area contributed by atoms with Crippen molar-refractivity contribution in [2.75, 3.05) is 24.5 Å². The Bertz CT molecular complexity index is 542. The van der Waals surface area contributed by atoms with Crippen LogP contribution in [0.15, 0.2) is 0 Å². The van der Waals surface area contributed by atoms with Crippen LogP contribution in [-0.4, -0.2) is 40.2 Å². The smallest absolute Gasteiger partial charge is 0.358 e. The van der Waals surface area contributed by atoms with Gasteiger partial charge in [-0.15, -0.1) is 0 Å². The Hall–Kier alpha value is -1.63. The summed E-state index contributed by atoms with van der Waals surface area (Å²) in [6.45, 7) is 7.47. The van der Waals surface area contributed by atoms with Gasteiger partial charge in [0, 0.05) is 32.6 Å². The summed E-state index contributed by atoms with van der Waals surface area (Å²) in [5.74, 6) is 2.14. The van der Waals surface area contributed by atoms with Gasteiger partial charge in [-0.3, -0.25) is 4.57 Å². The van der Waals surface area contributed by atoms with Gasteiger partial charge in [0.25, 0.3) is 0 Å². The normalized spacial score (nSPS) is 23.2. The highest BCUT2D eigenvalue weighted by Crippen LogP contribution is 2.34. The lowest BCUT2D eigenvalue weighted by Gasteiger charge is -2.35. The fourth-order valence-electron chi connectivity index (χ4n) is 3.98. The predicted molar refractivity (Wildman–Crippen MR) is 85.3 cm³/mol. The van der Waals surface area contributed by atoms with Crippen molar-refractivity contribution in [3.8, 4) is 0 Å². The highest BCUT2D eigenvalue weighted by Gasteiger charge is 2.34. The first-order valence-corrected chi connectivity index (χ1v) is 8.31. The number of anilines is 1. The van der Waals surface area contributed by atoms with Crippen LogP contribution in [-0.2, 0) is 6.54 Å². The van der Waals surface area contributed by atoms with Gasteiger partial charge in [0.15, 0.2) is 0 Å². The molecule has 0 aromatic carbocycles. The lowest BCUT2D eigenvalue weighted by molar-refractivity contribution is -0.388. The van der Waals surface area contributed by atoms with Crippen molar-refractivity contribution in [2.24, 2.45) is 5.92 Å². The molecule has 2 aliphatic rings. The summed E-state index contributed by atoms with van der Waals surface area (Å²) in [5.41, 5.74) is 0. The maximum Gasteiger partial charge on any atom is 0.406 e. The van der Waals surface area contributed by atoms with Gasteiger partial charge in [0.1, 0.15) is 0 Å². The van der Waals surface area contributed by atoms with Crippen LogP contribution < -0.4 is 10.2 Å². The first-order chi connectivity index (χ1) is 10.6. The fraction of sp³-hybridized carbons (Fsp3) is 0.800. The second-order valence-corrected chi connectivity index (χ2v) is 6.33. The zero-order valence-electron chi connectivity index (χ0n) is 13.4. The largest absolute Gasteiger partial charge is 0.406 e. The van der Waals surface area contributed by atoms with E-state index in [0.29, 0.717) is 24.3 Å². The average Bonchev–Trinajstić information content (AvgIpc) is 3.14. The van der Waals surface area contributed by atoms with Gasteiger partial charge >= 0.3 is 5.82 Å². The zero-order valence-corrected chi connectivity index (χ0v) is 13.4. The second-order valence-electron chi connectivity index (χ2n) is 6.33. The van der Waals surface area contributed by atoms with E-state index < -0.39 is 0 Å². The molecule has 2 fully saturated rings. The Morgan fingerprint density at radius 3 is 2.64 bits per heavy atom. The summed E-state index contributed by atoms with van der Waals surface area (Å²) in [7, 11) is 0. The number of hydrogen-bond acceptors (Lipinski definition) is 5. The molecular formula is C15H25N5O2. The molecule has 0 bridgehead atoms. The zero-order chi connectivity index (χ0) is 15.7. The summed E-state index contributed by atoms with van der Waals surface area (Å²) < 4.78 is 1.96. The molecule has 1 aromatic rings. The molecular weight excluding hydrogens is 282 g/mol. The molecule has 1 N–H and O–H groups in total. The van der Waals surface area contributed by atoms with Crippen LogP contribution in [0.25, 0.3) is 0 Å². The highest BCUT2D eigenvalue weighted by atomic mass is 16.6. The van der Waals surface area contributed by atoms with Crippen LogP contribution in [0.1, 0.15) is 38.4 Å². The molecule has 0 radical (unpaired) electrons. The van der Waals surface area contributed by atoms with Crippen LogP contribution >= 0.6 is 0 Å². The van der Waals surface area contributed by atoms with Crippen molar-refractivity contribution >= 4 is 11.6 Å². The van der Waals surface area contributed by atoms with Gasteiger partial charge in [0.05, 0.1) is 0 Å². The number of aromatic nitrogens is 2. The maximum absolute atomic E-state index is 11.3. The molecule has 2 saturated heterocycles. The molecule has 0 spiro atoms. The summed E-state index contributed by atoms with van der Waals surface area (Å²) in [6, 6.07) is 0.648. The first-order valence-electron chi connectivity index (χ1n) is 8.31. The first kappa shape index (κ1) is 15.3. The fourth-order valence-corrected chi connectivity index (χ4v) is 3.98. The summed E-state index contributed by atoms with van der Waals surface area (Å²) in [4.78, 5) is 17.3. The third-order valence-electron chi connectivity index (χ3n) is 5.11. The standard InChI is InChI=1S/C15H25N5O2/c1-3-19-11(2)17-14(20(21)22)15(19)18-9-6-12(7-10-18)13-5-4-8-16-13/h12-13,16H,3-10H2,1-2H3. The predicted octanol–water partition coefficient (Wildman–Crippen LogP) is 2.09. The molecule has 0 aliphatic carbocycles. The van der Waals surface area contributed by atoms with Crippen LogP contribution in [0.5, 0.6) is 0 Å². The Kier molecular flexibility index (Phi) is 4.33. The summed E-state index contributed by atoms with van der Waals surface area (Å²) >= 11 is 0. The topological polar surface area (TPSA) is 76.2 Å². The Balaban J connectivity index is 1.76. The molecule has 7 heteroatoms. The lowest BCUT2D eigenvalue weighted by atomic mass is 9.88. The second kappa shape index (κ2) is 6.24. The number of hydrogen-bond donors (Lipinski definition) is 1. The molecule has 1 unspecified atom stereocenters. The summed E-state index contributed by atoms with van der Waals surface area (Å²) in [6.07, 6.45) is 4.75. The number of aryl methyl sites for hydroxylation is 1. The van der Waals surface area contributed by atoms with E-state index in [1.807, 2.05) is 18.4 Å². The monoisotopic (exact) mass is 307 g/mol. The van der Waals surface area contributed by atoms with Gasteiger partial charge in [0.2, 0.25) is 11.6 Å². The third kappa shape index (κ3) is 2.69. The highest BCUT2D eigenvalue weighted by molar-refractivity contribution is 5.56. The van der Waals surface area contributed by atoms with Crippen molar-refractivity contribution in [3.63, 3.8) is 0 Å². The van der Waals surface area contributed by atoms with E-state index >= 15 is 0 Å². The molecule has 122 valence electrons.